The fourth-order valence-corrected chi connectivity index (χ4v) is 2.52. The normalized spacial score (nSPS) is 21.4. The minimum absolute atomic E-state index is 0.171. The molecule has 1 fully saturated rings. The highest BCUT2D eigenvalue weighted by molar-refractivity contribution is 5.38. The Labute approximate surface area is 121 Å². The number of anilines is 2. The van der Waals surface area contributed by atoms with Gasteiger partial charge in [0.15, 0.2) is 0 Å². The molecule has 1 saturated carbocycles. The monoisotopic (exact) mass is 290 g/mol. The SMILES string of the molecule is COC1CCCC1Nc1nc(NN)nc(-n2cccn2)n1. The molecular formula is C12H18N8O. The van der Waals surface area contributed by atoms with E-state index in [-0.39, 0.29) is 18.1 Å². The zero-order chi connectivity index (χ0) is 14.7. The molecule has 2 atom stereocenters. The minimum atomic E-state index is 0.171. The Morgan fingerprint density at radius 2 is 2.14 bits per heavy atom. The van der Waals surface area contributed by atoms with E-state index in [2.05, 4.69) is 30.8 Å². The van der Waals surface area contributed by atoms with E-state index in [1.165, 1.54) is 0 Å². The minimum Gasteiger partial charge on any atom is -0.379 e. The second kappa shape index (κ2) is 6.02. The Bertz CT molecular complexity index is 587. The second-order valence-electron chi connectivity index (χ2n) is 4.83. The summed E-state index contributed by atoms with van der Waals surface area (Å²) in [6, 6.07) is 1.98. The molecule has 1 aliphatic carbocycles. The summed E-state index contributed by atoms with van der Waals surface area (Å²) in [5.74, 6) is 6.56. The van der Waals surface area contributed by atoms with Crippen LogP contribution in [0.5, 0.6) is 0 Å². The van der Waals surface area contributed by atoms with E-state index in [0.29, 0.717) is 11.9 Å². The molecule has 9 nitrogen and oxygen atoms in total. The Morgan fingerprint density at radius 1 is 1.29 bits per heavy atom. The third-order valence-corrected chi connectivity index (χ3v) is 3.53. The molecule has 0 spiro atoms. The van der Waals surface area contributed by atoms with Crippen LogP contribution in [-0.4, -0.2) is 44.0 Å². The van der Waals surface area contributed by atoms with Gasteiger partial charge in [-0.15, -0.1) is 0 Å². The van der Waals surface area contributed by atoms with Crippen LogP contribution in [0.1, 0.15) is 19.3 Å². The topological polar surface area (TPSA) is 116 Å². The van der Waals surface area contributed by atoms with Gasteiger partial charge in [-0.3, -0.25) is 5.43 Å². The molecule has 0 aromatic carbocycles. The number of nitrogen functional groups attached to an aromatic ring is 1. The van der Waals surface area contributed by atoms with Crippen LogP contribution in [0.15, 0.2) is 18.5 Å². The lowest BCUT2D eigenvalue weighted by Crippen LogP contribution is -2.31. The summed E-state index contributed by atoms with van der Waals surface area (Å²) < 4.78 is 7.02. The number of methoxy groups -OCH3 is 1. The molecule has 4 N–H and O–H groups in total. The highest BCUT2D eigenvalue weighted by Crippen LogP contribution is 2.24. The number of nitrogens with one attached hydrogen (secondary N) is 2. The fourth-order valence-electron chi connectivity index (χ4n) is 2.52. The van der Waals surface area contributed by atoms with E-state index < -0.39 is 0 Å². The average Bonchev–Trinajstić information content (AvgIpc) is 3.18. The quantitative estimate of drug-likeness (QED) is 0.532. The van der Waals surface area contributed by atoms with Gasteiger partial charge in [-0.25, -0.2) is 10.5 Å². The number of aromatic nitrogens is 5. The first-order chi connectivity index (χ1) is 10.3. The summed E-state index contributed by atoms with van der Waals surface area (Å²) >= 11 is 0. The zero-order valence-electron chi connectivity index (χ0n) is 11.7. The number of ether oxygens (including phenoxy) is 1. The number of hydrazine groups is 1. The van der Waals surface area contributed by atoms with Gasteiger partial charge < -0.3 is 10.1 Å². The number of hydrogen-bond acceptors (Lipinski definition) is 8. The number of nitrogens with two attached hydrogens (primary N) is 1. The van der Waals surface area contributed by atoms with Gasteiger partial charge in [-0.05, 0) is 25.3 Å². The van der Waals surface area contributed by atoms with E-state index >= 15 is 0 Å². The molecule has 0 aliphatic heterocycles. The zero-order valence-corrected chi connectivity index (χ0v) is 11.7. The lowest BCUT2D eigenvalue weighted by molar-refractivity contribution is 0.101. The van der Waals surface area contributed by atoms with Crippen LogP contribution in [0.25, 0.3) is 5.95 Å². The summed E-state index contributed by atoms with van der Waals surface area (Å²) in [5, 5.41) is 7.40. The number of hydrogen-bond donors (Lipinski definition) is 3. The predicted octanol–water partition coefficient (Wildman–Crippen LogP) is 0.322. The largest absolute Gasteiger partial charge is 0.379 e. The Kier molecular flexibility index (Phi) is 3.93. The van der Waals surface area contributed by atoms with Crippen molar-refractivity contribution in [3.8, 4) is 5.95 Å². The van der Waals surface area contributed by atoms with Gasteiger partial charge in [0.25, 0.3) is 5.95 Å². The van der Waals surface area contributed by atoms with E-state index in [0.717, 1.165) is 19.3 Å². The predicted molar refractivity (Wildman–Crippen MR) is 76.8 cm³/mol. The highest BCUT2D eigenvalue weighted by Gasteiger charge is 2.27. The molecule has 0 saturated heterocycles. The van der Waals surface area contributed by atoms with Gasteiger partial charge in [-0.1, -0.05) is 0 Å². The maximum absolute atomic E-state index is 5.46. The summed E-state index contributed by atoms with van der Waals surface area (Å²) in [5.41, 5.74) is 2.45. The molecular weight excluding hydrogens is 272 g/mol. The first-order valence-corrected chi connectivity index (χ1v) is 6.82. The summed E-state index contributed by atoms with van der Waals surface area (Å²) in [6.07, 6.45) is 6.76. The van der Waals surface area contributed by atoms with Gasteiger partial charge in [0.05, 0.1) is 12.1 Å². The molecule has 2 heterocycles. The van der Waals surface area contributed by atoms with Crippen LogP contribution in [0.3, 0.4) is 0 Å². The van der Waals surface area contributed by atoms with Gasteiger partial charge in [-0.2, -0.15) is 20.1 Å². The molecule has 2 aromatic rings. The highest BCUT2D eigenvalue weighted by atomic mass is 16.5. The molecule has 0 radical (unpaired) electrons. The molecule has 9 heteroatoms. The van der Waals surface area contributed by atoms with Crippen LogP contribution in [0.2, 0.25) is 0 Å². The summed E-state index contributed by atoms with van der Waals surface area (Å²) in [6.45, 7) is 0. The molecule has 0 bridgehead atoms. The first kappa shape index (κ1) is 13.7. The maximum atomic E-state index is 5.46. The van der Waals surface area contributed by atoms with E-state index in [9.17, 15) is 0 Å². The van der Waals surface area contributed by atoms with Gasteiger partial charge in [0.2, 0.25) is 11.9 Å². The van der Waals surface area contributed by atoms with E-state index in [1.807, 2.05) is 0 Å². The van der Waals surface area contributed by atoms with Crippen LogP contribution in [0, 0.1) is 0 Å². The van der Waals surface area contributed by atoms with Crippen molar-refractivity contribution in [2.24, 2.45) is 5.84 Å². The van der Waals surface area contributed by atoms with Gasteiger partial charge in [0.1, 0.15) is 0 Å². The molecule has 0 amide bonds. The van der Waals surface area contributed by atoms with Crippen LogP contribution < -0.4 is 16.6 Å². The summed E-state index contributed by atoms with van der Waals surface area (Å²) in [4.78, 5) is 12.8. The Morgan fingerprint density at radius 3 is 2.86 bits per heavy atom. The lowest BCUT2D eigenvalue weighted by atomic mass is 10.2. The fraction of sp³-hybridized carbons (Fsp3) is 0.500. The lowest BCUT2D eigenvalue weighted by Gasteiger charge is -2.19. The molecule has 21 heavy (non-hydrogen) atoms. The molecule has 2 unspecified atom stereocenters. The van der Waals surface area contributed by atoms with Crippen molar-refractivity contribution in [3.05, 3.63) is 18.5 Å². The van der Waals surface area contributed by atoms with E-state index in [1.54, 1.807) is 30.3 Å². The number of nitrogens with zero attached hydrogens (tertiary/aromatic N) is 5. The van der Waals surface area contributed by atoms with Crippen LogP contribution in [0.4, 0.5) is 11.9 Å². The first-order valence-electron chi connectivity index (χ1n) is 6.82. The van der Waals surface area contributed by atoms with Crippen molar-refractivity contribution in [1.29, 1.82) is 0 Å². The van der Waals surface area contributed by atoms with Gasteiger partial charge >= 0.3 is 0 Å². The Balaban J connectivity index is 1.86. The smallest absolute Gasteiger partial charge is 0.257 e. The third-order valence-electron chi connectivity index (χ3n) is 3.53. The number of rotatable bonds is 5. The summed E-state index contributed by atoms with van der Waals surface area (Å²) in [7, 11) is 1.72. The molecule has 112 valence electrons. The molecule has 1 aliphatic rings. The average molecular weight is 290 g/mol. The maximum Gasteiger partial charge on any atom is 0.257 e. The van der Waals surface area contributed by atoms with Crippen molar-refractivity contribution in [2.45, 2.75) is 31.4 Å². The van der Waals surface area contributed by atoms with Crippen molar-refractivity contribution >= 4 is 11.9 Å². The van der Waals surface area contributed by atoms with E-state index in [4.69, 9.17) is 10.6 Å². The van der Waals surface area contributed by atoms with Crippen LogP contribution >= 0.6 is 0 Å². The van der Waals surface area contributed by atoms with Crippen LogP contribution in [-0.2, 0) is 4.74 Å². The molecule has 3 rings (SSSR count). The van der Waals surface area contributed by atoms with Crippen molar-refractivity contribution in [1.82, 2.24) is 24.7 Å². The second-order valence-corrected chi connectivity index (χ2v) is 4.83. The van der Waals surface area contributed by atoms with Crippen molar-refractivity contribution in [2.75, 3.05) is 17.9 Å². The van der Waals surface area contributed by atoms with Crippen molar-refractivity contribution < 1.29 is 4.74 Å². The Hall–Kier alpha value is -2.26. The third kappa shape index (κ3) is 2.93. The molecule has 2 aromatic heterocycles. The standard InChI is InChI=1S/C12H18N8O/c1-21-9-5-2-4-8(9)15-10-16-11(19-13)18-12(17-10)20-7-3-6-14-20/h3,6-9H,2,4-5,13H2,1H3,(H2,15,16,17,18,19). The van der Waals surface area contributed by atoms with Crippen molar-refractivity contribution in [3.63, 3.8) is 0 Å². The van der Waals surface area contributed by atoms with Gasteiger partial charge in [0, 0.05) is 19.5 Å².